The van der Waals surface area contributed by atoms with E-state index in [1.54, 1.807) is 0 Å². The number of amides is 3. The summed E-state index contributed by atoms with van der Waals surface area (Å²) in [5, 5.41) is 15.4. The lowest BCUT2D eigenvalue weighted by atomic mass is 10.1. The smallest absolute Gasteiger partial charge is 0.269 e. The first-order valence-corrected chi connectivity index (χ1v) is 7.50. The Hall–Kier alpha value is -3.01. The monoisotopic (exact) mass is 351 g/mol. The maximum Gasteiger partial charge on any atom is 0.269 e. The number of hydrogen-bond donors (Lipinski definition) is 4. The van der Waals surface area contributed by atoms with Crippen LogP contribution in [0, 0.1) is 10.1 Å². The molecule has 0 saturated carbocycles. The molecule has 0 radical (unpaired) electrons. The predicted molar refractivity (Wildman–Crippen MR) is 89.2 cm³/mol. The van der Waals surface area contributed by atoms with Crippen molar-refractivity contribution in [1.29, 1.82) is 0 Å². The summed E-state index contributed by atoms with van der Waals surface area (Å²) < 4.78 is 0. The Morgan fingerprint density at radius 3 is 2.08 bits per heavy atom. The highest BCUT2D eigenvalue weighted by molar-refractivity contribution is 5.92. The first-order valence-electron chi connectivity index (χ1n) is 7.50. The second-order valence-corrected chi connectivity index (χ2v) is 5.60. The Labute approximate surface area is 144 Å². The van der Waals surface area contributed by atoms with Crippen LogP contribution in [0.4, 0.5) is 5.69 Å². The normalized spacial score (nSPS) is 14.0. The van der Waals surface area contributed by atoms with E-state index >= 15 is 0 Å². The van der Waals surface area contributed by atoms with Crippen molar-refractivity contribution >= 4 is 23.4 Å². The van der Waals surface area contributed by atoms with Gasteiger partial charge in [-0.2, -0.15) is 0 Å². The number of carbonyl (C=O) groups excluding carboxylic acids is 3. The summed E-state index contributed by atoms with van der Waals surface area (Å²) in [7, 11) is 0. The number of primary amides is 1. The molecule has 25 heavy (non-hydrogen) atoms. The van der Waals surface area contributed by atoms with Crippen LogP contribution in [0.15, 0.2) is 24.3 Å². The maximum atomic E-state index is 12.0. The quantitative estimate of drug-likeness (QED) is 0.344. The number of nitrogens with one attached hydrogen (secondary N) is 2. The summed E-state index contributed by atoms with van der Waals surface area (Å²) in [6.07, 6.45) is 0.149. The summed E-state index contributed by atoms with van der Waals surface area (Å²) in [4.78, 5) is 44.9. The largest absolute Gasteiger partial charge is 0.368 e. The molecule has 136 valence electrons. The van der Waals surface area contributed by atoms with Gasteiger partial charge in [-0.05, 0) is 25.8 Å². The molecule has 3 unspecified atom stereocenters. The van der Waals surface area contributed by atoms with Gasteiger partial charge < -0.3 is 22.1 Å². The van der Waals surface area contributed by atoms with Crippen LogP contribution in [0.2, 0.25) is 0 Å². The Kier molecular flexibility index (Phi) is 7.00. The SMILES string of the molecule is CC(NC(=O)C(C)NC(=O)C(N)Cc1ccc([N+](=O)[O-])cc1)C(N)=O. The third-order valence-electron chi connectivity index (χ3n) is 3.48. The third kappa shape index (κ3) is 6.18. The minimum Gasteiger partial charge on any atom is -0.368 e. The molecular formula is C15H21N5O5. The molecule has 0 fully saturated rings. The van der Waals surface area contributed by atoms with Crippen molar-refractivity contribution in [2.75, 3.05) is 0 Å². The van der Waals surface area contributed by atoms with E-state index in [0.29, 0.717) is 5.56 Å². The lowest BCUT2D eigenvalue weighted by Gasteiger charge is -2.19. The maximum absolute atomic E-state index is 12.0. The van der Waals surface area contributed by atoms with Crippen molar-refractivity contribution in [1.82, 2.24) is 10.6 Å². The van der Waals surface area contributed by atoms with Gasteiger partial charge in [0.25, 0.3) is 5.69 Å². The summed E-state index contributed by atoms with van der Waals surface area (Å²) in [6.45, 7) is 2.87. The van der Waals surface area contributed by atoms with Gasteiger partial charge in [-0.3, -0.25) is 24.5 Å². The van der Waals surface area contributed by atoms with E-state index in [1.807, 2.05) is 0 Å². The van der Waals surface area contributed by atoms with E-state index in [-0.39, 0.29) is 12.1 Å². The fourth-order valence-corrected chi connectivity index (χ4v) is 1.90. The van der Waals surface area contributed by atoms with Gasteiger partial charge in [0.15, 0.2) is 0 Å². The van der Waals surface area contributed by atoms with E-state index in [2.05, 4.69) is 10.6 Å². The van der Waals surface area contributed by atoms with E-state index in [1.165, 1.54) is 38.1 Å². The Morgan fingerprint density at radius 2 is 1.60 bits per heavy atom. The number of benzene rings is 1. The molecule has 10 heteroatoms. The van der Waals surface area contributed by atoms with Crippen molar-refractivity contribution in [3.63, 3.8) is 0 Å². The molecule has 1 rings (SSSR count). The summed E-state index contributed by atoms with van der Waals surface area (Å²) in [5.41, 5.74) is 11.4. The Bertz CT molecular complexity index is 661. The van der Waals surface area contributed by atoms with Gasteiger partial charge in [0.1, 0.15) is 12.1 Å². The first kappa shape index (κ1) is 20.0. The zero-order chi connectivity index (χ0) is 19.1. The standard InChI is InChI=1S/C15H21N5O5/c1-8(13(17)21)18-14(22)9(2)19-15(23)12(16)7-10-3-5-11(6-4-10)20(24)25/h3-6,8-9,12H,7,16H2,1-2H3,(H2,17,21)(H,18,22)(H,19,23). The van der Waals surface area contributed by atoms with E-state index < -0.39 is 40.8 Å². The first-order chi connectivity index (χ1) is 11.6. The molecule has 6 N–H and O–H groups in total. The number of nitrogens with zero attached hydrogens (tertiary/aromatic N) is 1. The van der Waals surface area contributed by atoms with Crippen LogP contribution < -0.4 is 22.1 Å². The molecular weight excluding hydrogens is 330 g/mol. The lowest BCUT2D eigenvalue weighted by molar-refractivity contribution is -0.384. The molecule has 0 aliphatic heterocycles. The van der Waals surface area contributed by atoms with E-state index in [4.69, 9.17) is 11.5 Å². The Balaban J connectivity index is 2.56. The molecule has 3 amide bonds. The van der Waals surface area contributed by atoms with Crippen LogP contribution >= 0.6 is 0 Å². The minimum atomic E-state index is -0.940. The van der Waals surface area contributed by atoms with Crippen LogP contribution in [0.3, 0.4) is 0 Å². The van der Waals surface area contributed by atoms with Gasteiger partial charge in [-0.1, -0.05) is 12.1 Å². The summed E-state index contributed by atoms with van der Waals surface area (Å²) in [6, 6.07) is 2.96. The zero-order valence-corrected chi connectivity index (χ0v) is 13.9. The second-order valence-electron chi connectivity index (χ2n) is 5.60. The molecule has 0 aliphatic rings. The highest BCUT2D eigenvalue weighted by atomic mass is 16.6. The molecule has 1 aromatic carbocycles. The third-order valence-corrected chi connectivity index (χ3v) is 3.48. The predicted octanol–water partition coefficient (Wildman–Crippen LogP) is -1.04. The molecule has 0 aromatic heterocycles. The van der Waals surface area contributed by atoms with Crippen LogP contribution in [0.5, 0.6) is 0 Å². The number of rotatable bonds is 8. The average Bonchev–Trinajstić information content (AvgIpc) is 2.54. The van der Waals surface area contributed by atoms with Crippen LogP contribution in [-0.2, 0) is 20.8 Å². The van der Waals surface area contributed by atoms with Crippen molar-refractivity contribution in [3.05, 3.63) is 39.9 Å². The van der Waals surface area contributed by atoms with Crippen molar-refractivity contribution in [2.24, 2.45) is 11.5 Å². The molecule has 10 nitrogen and oxygen atoms in total. The molecule has 0 heterocycles. The molecule has 0 saturated heterocycles. The van der Waals surface area contributed by atoms with Gasteiger partial charge >= 0.3 is 0 Å². The molecule has 0 spiro atoms. The van der Waals surface area contributed by atoms with E-state index in [0.717, 1.165) is 0 Å². The van der Waals surface area contributed by atoms with Gasteiger partial charge in [0.2, 0.25) is 17.7 Å². The van der Waals surface area contributed by atoms with Crippen molar-refractivity contribution < 1.29 is 19.3 Å². The topological polar surface area (TPSA) is 170 Å². The second kappa shape index (κ2) is 8.73. The highest BCUT2D eigenvalue weighted by Gasteiger charge is 2.22. The number of carbonyl (C=O) groups is 3. The molecule has 0 aliphatic carbocycles. The fraction of sp³-hybridized carbons (Fsp3) is 0.400. The average molecular weight is 351 g/mol. The zero-order valence-electron chi connectivity index (χ0n) is 13.9. The number of hydrogen-bond acceptors (Lipinski definition) is 6. The summed E-state index contributed by atoms with van der Waals surface area (Å²) in [5.74, 6) is -1.82. The lowest BCUT2D eigenvalue weighted by Crippen LogP contribution is -2.53. The van der Waals surface area contributed by atoms with Gasteiger partial charge in [-0.15, -0.1) is 0 Å². The number of nitro groups is 1. The van der Waals surface area contributed by atoms with Crippen molar-refractivity contribution in [3.8, 4) is 0 Å². The van der Waals surface area contributed by atoms with Gasteiger partial charge in [0, 0.05) is 12.1 Å². The molecule has 3 atom stereocenters. The van der Waals surface area contributed by atoms with Gasteiger partial charge in [-0.25, -0.2) is 0 Å². The van der Waals surface area contributed by atoms with E-state index in [9.17, 15) is 24.5 Å². The number of nitro benzene ring substituents is 1. The summed E-state index contributed by atoms with van der Waals surface area (Å²) >= 11 is 0. The Morgan fingerprint density at radius 1 is 1.08 bits per heavy atom. The minimum absolute atomic E-state index is 0.0596. The fourth-order valence-electron chi connectivity index (χ4n) is 1.90. The number of nitrogens with two attached hydrogens (primary N) is 2. The molecule has 1 aromatic rings. The van der Waals surface area contributed by atoms with Gasteiger partial charge in [0.05, 0.1) is 11.0 Å². The highest BCUT2D eigenvalue weighted by Crippen LogP contribution is 2.12. The van der Waals surface area contributed by atoms with Crippen LogP contribution in [0.25, 0.3) is 0 Å². The molecule has 0 bridgehead atoms. The van der Waals surface area contributed by atoms with Crippen LogP contribution in [-0.4, -0.2) is 40.8 Å². The number of non-ortho nitro benzene ring substituents is 1. The van der Waals surface area contributed by atoms with Crippen molar-refractivity contribution in [2.45, 2.75) is 38.4 Å². The van der Waals surface area contributed by atoms with Crippen LogP contribution in [0.1, 0.15) is 19.4 Å².